The van der Waals surface area contributed by atoms with Gasteiger partial charge in [-0.1, -0.05) is 17.7 Å². The molecule has 18 heavy (non-hydrogen) atoms. The number of carboxylic acids is 1. The van der Waals surface area contributed by atoms with Crippen molar-refractivity contribution in [2.24, 2.45) is 0 Å². The Morgan fingerprint density at radius 3 is 2.61 bits per heavy atom. The Hall–Kier alpha value is -1.26. The standard InChI is InChI=1S/C13H18ClNO3/c1-9(2)15(8-13(16)17)7-10-4-5-11(18-3)6-12(10)14/h4-6,9H,7-8H2,1-3H3,(H,16,17). The second-order valence-corrected chi connectivity index (χ2v) is 4.76. The Morgan fingerprint density at radius 1 is 1.50 bits per heavy atom. The first-order valence-corrected chi connectivity index (χ1v) is 6.10. The van der Waals surface area contributed by atoms with E-state index in [-0.39, 0.29) is 12.6 Å². The molecule has 0 amide bonds. The highest BCUT2D eigenvalue weighted by atomic mass is 35.5. The van der Waals surface area contributed by atoms with Gasteiger partial charge in [-0.2, -0.15) is 0 Å². The fourth-order valence-corrected chi connectivity index (χ4v) is 1.83. The fraction of sp³-hybridized carbons (Fsp3) is 0.462. The van der Waals surface area contributed by atoms with Crippen LogP contribution in [0.2, 0.25) is 5.02 Å². The van der Waals surface area contributed by atoms with Gasteiger partial charge in [0.25, 0.3) is 0 Å². The van der Waals surface area contributed by atoms with Crippen LogP contribution in [0.15, 0.2) is 18.2 Å². The highest BCUT2D eigenvalue weighted by Crippen LogP contribution is 2.24. The van der Waals surface area contributed by atoms with Gasteiger partial charge in [0, 0.05) is 17.6 Å². The molecule has 1 aromatic carbocycles. The van der Waals surface area contributed by atoms with Gasteiger partial charge in [0.15, 0.2) is 0 Å². The van der Waals surface area contributed by atoms with Crippen molar-refractivity contribution >= 4 is 17.6 Å². The SMILES string of the molecule is COc1ccc(CN(CC(=O)O)C(C)C)c(Cl)c1. The summed E-state index contributed by atoms with van der Waals surface area (Å²) >= 11 is 6.14. The Morgan fingerprint density at radius 2 is 2.17 bits per heavy atom. The highest BCUT2D eigenvalue weighted by molar-refractivity contribution is 6.31. The van der Waals surface area contributed by atoms with Gasteiger partial charge < -0.3 is 9.84 Å². The molecule has 1 rings (SSSR count). The smallest absolute Gasteiger partial charge is 0.317 e. The number of rotatable bonds is 6. The lowest BCUT2D eigenvalue weighted by molar-refractivity contribution is -0.138. The molecule has 0 atom stereocenters. The predicted molar refractivity (Wildman–Crippen MR) is 71.2 cm³/mol. The Bertz CT molecular complexity index is 421. The number of hydrogen-bond acceptors (Lipinski definition) is 3. The van der Waals surface area contributed by atoms with E-state index in [0.29, 0.717) is 17.3 Å². The molecule has 4 nitrogen and oxygen atoms in total. The summed E-state index contributed by atoms with van der Waals surface area (Å²) in [4.78, 5) is 12.6. The van der Waals surface area contributed by atoms with Crippen LogP contribution in [0, 0.1) is 0 Å². The average Bonchev–Trinajstić information content (AvgIpc) is 2.29. The van der Waals surface area contributed by atoms with Crippen molar-refractivity contribution in [3.05, 3.63) is 28.8 Å². The van der Waals surface area contributed by atoms with Crippen molar-refractivity contribution in [3.8, 4) is 5.75 Å². The van der Waals surface area contributed by atoms with Gasteiger partial charge in [0.05, 0.1) is 13.7 Å². The zero-order chi connectivity index (χ0) is 13.7. The molecule has 0 saturated heterocycles. The molecule has 0 unspecified atom stereocenters. The second-order valence-electron chi connectivity index (χ2n) is 4.35. The largest absolute Gasteiger partial charge is 0.497 e. The van der Waals surface area contributed by atoms with Crippen molar-refractivity contribution in [1.82, 2.24) is 4.90 Å². The number of ether oxygens (including phenoxy) is 1. The second kappa shape index (κ2) is 6.61. The molecule has 0 fully saturated rings. The van der Waals surface area contributed by atoms with Crippen LogP contribution in [-0.4, -0.2) is 35.7 Å². The van der Waals surface area contributed by atoms with E-state index in [0.717, 1.165) is 5.56 Å². The van der Waals surface area contributed by atoms with Gasteiger partial charge >= 0.3 is 5.97 Å². The van der Waals surface area contributed by atoms with Gasteiger partial charge in [0.2, 0.25) is 0 Å². The van der Waals surface area contributed by atoms with Crippen molar-refractivity contribution in [2.75, 3.05) is 13.7 Å². The van der Waals surface area contributed by atoms with E-state index in [1.165, 1.54) is 0 Å². The summed E-state index contributed by atoms with van der Waals surface area (Å²) in [6, 6.07) is 5.55. The van der Waals surface area contributed by atoms with Crippen LogP contribution >= 0.6 is 11.6 Å². The van der Waals surface area contributed by atoms with E-state index < -0.39 is 5.97 Å². The molecule has 0 bridgehead atoms. The summed E-state index contributed by atoms with van der Waals surface area (Å²) in [7, 11) is 1.58. The molecular weight excluding hydrogens is 254 g/mol. The number of halogens is 1. The molecule has 0 aliphatic carbocycles. The molecular formula is C13H18ClNO3. The molecule has 0 radical (unpaired) electrons. The van der Waals surface area contributed by atoms with Gasteiger partial charge in [-0.05, 0) is 31.5 Å². The van der Waals surface area contributed by atoms with E-state index >= 15 is 0 Å². The first-order chi connectivity index (χ1) is 8.43. The lowest BCUT2D eigenvalue weighted by atomic mass is 10.1. The van der Waals surface area contributed by atoms with E-state index in [1.54, 1.807) is 13.2 Å². The Kier molecular flexibility index (Phi) is 5.44. The molecule has 0 spiro atoms. The van der Waals surface area contributed by atoms with Gasteiger partial charge in [-0.3, -0.25) is 9.69 Å². The number of benzene rings is 1. The summed E-state index contributed by atoms with van der Waals surface area (Å²) in [5.74, 6) is -0.147. The quantitative estimate of drug-likeness (QED) is 0.864. The number of carbonyl (C=O) groups is 1. The van der Waals surface area contributed by atoms with Crippen molar-refractivity contribution in [2.45, 2.75) is 26.4 Å². The number of carboxylic acid groups (broad SMARTS) is 1. The molecule has 5 heteroatoms. The summed E-state index contributed by atoms with van der Waals surface area (Å²) in [6.45, 7) is 4.42. The van der Waals surface area contributed by atoms with Gasteiger partial charge in [-0.25, -0.2) is 0 Å². The zero-order valence-electron chi connectivity index (χ0n) is 10.8. The minimum absolute atomic E-state index is 0.0000246. The lowest BCUT2D eigenvalue weighted by Gasteiger charge is -2.25. The summed E-state index contributed by atoms with van der Waals surface area (Å²) in [5, 5.41) is 9.46. The van der Waals surface area contributed by atoms with E-state index in [9.17, 15) is 4.79 Å². The third-order valence-corrected chi connectivity index (χ3v) is 3.05. The molecule has 0 aliphatic heterocycles. The number of nitrogens with zero attached hydrogens (tertiary/aromatic N) is 1. The molecule has 0 saturated carbocycles. The normalized spacial score (nSPS) is 11.0. The van der Waals surface area contributed by atoms with E-state index in [2.05, 4.69) is 0 Å². The molecule has 1 N–H and O–H groups in total. The molecule has 0 aliphatic rings. The molecule has 100 valence electrons. The van der Waals surface area contributed by atoms with Gasteiger partial charge in [-0.15, -0.1) is 0 Å². The first-order valence-electron chi connectivity index (χ1n) is 5.72. The maximum atomic E-state index is 10.8. The Balaban J connectivity index is 2.83. The van der Waals surface area contributed by atoms with Crippen LogP contribution < -0.4 is 4.74 Å². The predicted octanol–water partition coefficient (Wildman–Crippen LogP) is 2.64. The first kappa shape index (κ1) is 14.8. The summed E-state index contributed by atoms with van der Waals surface area (Å²) in [5.41, 5.74) is 0.896. The maximum Gasteiger partial charge on any atom is 0.317 e. The fourth-order valence-electron chi connectivity index (χ4n) is 1.60. The van der Waals surface area contributed by atoms with Crippen molar-refractivity contribution in [3.63, 3.8) is 0 Å². The van der Waals surface area contributed by atoms with Crippen molar-refractivity contribution < 1.29 is 14.6 Å². The maximum absolute atomic E-state index is 10.8. The summed E-state index contributed by atoms with van der Waals surface area (Å²) in [6.07, 6.45) is 0. The van der Waals surface area contributed by atoms with Crippen LogP contribution in [0.3, 0.4) is 0 Å². The topological polar surface area (TPSA) is 49.8 Å². The van der Waals surface area contributed by atoms with Crippen LogP contribution in [-0.2, 0) is 11.3 Å². The molecule has 0 heterocycles. The monoisotopic (exact) mass is 271 g/mol. The average molecular weight is 272 g/mol. The molecule has 0 aromatic heterocycles. The third kappa shape index (κ3) is 4.20. The minimum Gasteiger partial charge on any atom is -0.497 e. The minimum atomic E-state index is -0.840. The zero-order valence-corrected chi connectivity index (χ0v) is 11.6. The van der Waals surface area contributed by atoms with Crippen LogP contribution in [0.25, 0.3) is 0 Å². The third-order valence-electron chi connectivity index (χ3n) is 2.70. The van der Waals surface area contributed by atoms with E-state index in [4.69, 9.17) is 21.4 Å². The lowest BCUT2D eigenvalue weighted by Crippen LogP contribution is -2.35. The molecule has 1 aromatic rings. The van der Waals surface area contributed by atoms with E-state index in [1.807, 2.05) is 30.9 Å². The number of aliphatic carboxylic acids is 1. The van der Waals surface area contributed by atoms with Crippen LogP contribution in [0.4, 0.5) is 0 Å². The van der Waals surface area contributed by atoms with Gasteiger partial charge in [0.1, 0.15) is 5.75 Å². The Labute approximate surface area is 112 Å². The number of methoxy groups -OCH3 is 1. The number of hydrogen-bond donors (Lipinski definition) is 1. The van der Waals surface area contributed by atoms with Crippen LogP contribution in [0.5, 0.6) is 5.75 Å². The highest BCUT2D eigenvalue weighted by Gasteiger charge is 2.15. The van der Waals surface area contributed by atoms with Crippen molar-refractivity contribution in [1.29, 1.82) is 0 Å². The van der Waals surface area contributed by atoms with Crippen LogP contribution in [0.1, 0.15) is 19.4 Å². The summed E-state index contributed by atoms with van der Waals surface area (Å²) < 4.78 is 5.07.